The summed E-state index contributed by atoms with van der Waals surface area (Å²) in [4.78, 5) is 28.5. The molecule has 0 saturated carbocycles. The highest BCUT2D eigenvalue weighted by atomic mass is 16.5. The highest BCUT2D eigenvalue weighted by Gasteiger charge is 2.31. The molecule has 20 heavy (non-hydrogen) atoms. The smallest absolute Gasteiger partial charge is 0.254 e. The molecule has 2 amide bonds. The number of ether oxygens (including phenoxy) is 1. The molecule has 0 spiro atoms. The van der Waals surface area contributed by atoms with Gasteiger partial charge in [-0.2, -0.15) is 0 Å². The Morgan fingerprint density at radius 2 is 2.20 bits per heavy atom. The zero-order chi connectivity index (χ0) is 14.1. The molecule has 1 saturated heterocycles. The average Bonchev–Trinajstić information content (AvgIpc) is 2.93. The summed E-state index contributed by atoms with van der Waals surface area (Å²) in [5, 5.41) is 0.958. The molecular formula is C14H15N3O3. The fraction of sp³-hybridized carbons (Fsp3) is 0.286. The first-order valence-electron chi connectivity index (χ1n) is 6.42. The minimum Gasteiger partial charge on any atom is -0.377 e. The second-order valence-corrected chi connectivity index (χ2v) is 4.77. The van der Waals surface area contributed by atoms with Crippen LogP contribution in [0.2, 0.25) is 0 Å². The largest absolute Gasteiger partial charge is 0.377 e. The first-order chi connectivity index (χ1) is 9.66. The van der Waals surface area contributed by atoms with Crippen molar-refractivity contribution in [1.29, 1.82) is 0 Å². The normalized spacial score (nSPS) is 19.2. The van der Waals surface area contributed by atoms with Crippen LogP contribution in [0.5, 0.6) is 0 Å². The molecule has 1 aliphatic rings. The number of amides is 2. The molecule has 0 bridgehead atoms. The van der Waals surface area contributed by atoms with E-state index in [4.69, 9.17) is 10.5 Å². The van der Waals surface area contributed by atoms with Crippen molar-refractivity contribution in [2.75, 3.05) is 19.8 Å². The van der Waals surface area contributed by atoms with Gasteiger partial charge in [-0.15, -0.1) is 0 Å². The molecule has 1 unspecified atom stereocenters. The molecule has 2 heterocycles. The average molecular weight is 273 g/mol. The number of rotatable bonds is 2. The van der Waals surface area contributed by atoms with E-state index in [9.17, 15) is 9.59 Å². The second-order valence-electron chi connectivity index (χ2n) is 4.77. The van der Waals surface area contributed by atoms with Crippen LogP contribution in [0, 0.1) is 0 Å². The SMILES string of the molecule is NC(=O)C1COCCN1C(=O)c1ccc2[nH]ccc2c1. The molecule has 1 aromatic heterocycles. The van der Waals surface area contributed by atoms with Gasteiger partial charge in [-0.1, -0.05) is 0 Å². The molecule has 104 valence electrons. The second kappa shape index (κ2) is 4.97. The molecular weight excluding hydrogens is 258 g/mol. The zero-order valence-corrected chi connectivity index (χ0v) is 10.8. The number of nitrogens with one attached hydrogen (secondary N) is 1. The number of carbonyl (C=O) groups is 2. The van der Waals surface area contributed by atoms with Crippen LogP contribution >= 0.6 is 0 Å². The van der Waals surface area contributed by atoms with Crippen LogP contribution in [0.25, 0.3) is 10.9 Å². The molecule has 1 aromatic carbocycles. The number of aromatic nitrogens is 1. The maximum absolute atomic E-state index is 12.5. The van der Waals surface area contributed by atoms with Crippen molar-refractivity contribution in [1.82, 2.24) is 9.88 Å². The number of hydrogen-bond donors (Lipinski definition) is 2. The molecule has 3 rings (SSSR count). The van der Waals surface area contributed by atoms with Gasteiger partial charge >= 0.3 is 0 Å². The van der Waals surface area contributed by atoms with Crippen LogP contribution in [0.15, 0.2) is 30.5 Å². The van der Waals surface area contributed by atoms with Crippen LogP contribution in [-0.4, -0.2) is 47.5 Å². The van der Waals surface area contributed by atoms with Gasteiger partial charge in [0.05, 0.1) is 13.2 Å². The fourth-order valence-corrected chi connectivity index (χ4v) is 2.43. The van der Waals surface area contributed by atoms with Gasteiger partial charge in [0.15, 0.2) is 0 Å². The molecule has 6 nitrogen and oxygen atoms in total. The number of nitrogens with zero attached hydrogens (tertiary/aromatic N) is 1. The summed E-state index contributed by atoms with van der Waals surface area (Å²) in [5.41, 5.74) is 6.84. The number of morpholine rings is 1. The zero-order valence-electron chi connectivity index (χ0n) is 10.8. The lowest BCUT2D eigenvalue weighted by Gasteiger charge is -2.33. The number of primary amides is 1. The van der Waals surface area contributed by atoms with Crippen molar-refractivity contribution in [3.8, 4) is 0 Å². The van der Waals surface area contributed by atoms with Crippen molar-refractivity contribution in [3.63, 3.8) is 0 Å². The topological polar surface area (TPSA) is 88.4 Å². The molecule has 6 heteroatoms. The van der Waals surface area contributed by atoms with E-state index >= 15 is 0 Å². The van der Waals surface area contributed by atoms with Crippen LogP contribution in [0.3, 0.4) is 0 Å². The third-order valence-corrected chi connectivity index (χ3v) is 3.52. The van der Waals surface area contributed by atoms with Crippen LogP contribution in [0.4, 0.5) is 0 Å². The van der Waals surface area contributed by atoms with Gasteiger partial charge in [-0.25, -0.2) is 0 Å². The van der Waals surface area contributed by atoms with Gasteiger partial charge in [0.1, 0.15) is 6.04 Å². The van der Waals surface area contributed by atoms with Crippen molar-refractivity contribution >= 4 is 22.7 Å². The highest BCUT2D eigenvalue weighted by Crippen LogP contribution is 2.18. The summed E-state index contributed by atoms with van der Waals surface area (Å²) < 4.78 is 5.22. The monoisotopic (exact) mass is 273 g/mol. The number of carbonyl (C=O) groups excluding carboxylic acids is 2. The number of fused-ring (bicyclic) bond motifs is 1. The Bertz CT molecular complexity index is 664. The van der Waals surface area contributed by atoms with E-state index in [2.05, 4.69) is 4.98 Å². The highest BCUT2D eigenvalue weighted by molar-refractivity contribution is 6.00. The lowest BCUT2D eigenvalue weighted by Crippen LogP contribution is -2.54. The van der Waals surface area contributed by atoms with E-state index in [1.165, 1.54) is 4.90 Å². The van der Waals surface area contributed by atoms with Crippen molar-refractivity contribution in [3.05, 3.63) is 36.0 Å². The van der Waals surface area contributed by atoms with E-state index < -0.39 is 11.9 Å². The lowest BCUT2D eigenvalue weighted by atomic mass is 10.1. The van der Waals surface area contributed by atoms with Crippen molar-refractivity contribution in [2.24, 2.45) is 5.73 Å². The predicted octanol–water partition coefficient (Wildman–Crippen LogP) is 0.494. The summed E-state index contributed by atoms with van der Waals surface area (Å²) in [6.45, 7) is 0.951. The number of aromatic amines is 1. The van der Waals surface area contributed by atoms with Crippen LogP contribution in [0.1, 0.15) is 10.4 Å². The quantitative estimate of drug-likeness (QED) is 0.834. The van der Waals surface area contributed by atoms with E-state index in [0.29, 0.717) is 18.7 Å². The molecule has 2 aromatic rings. The van der Waals surface area contributed by atoms with E-state index in [0.717, 1.165) is 10.9 Å². The van der Waals surface area contributed by atoms with Crippen molar-refractivity contribution < 1.29 is 14.3 Å². The minimum atomic E-state index is -0.696. The summed E-state index contributed by atoms with van der Waals surface area (Å²) >= 11 is 0. The molecule has 3 N–H and O–H groups in total. The third kappa shape index (κ3) is 2.14. The maximum atomic E-state index is 12.5. The lowest BCUT2D eigenvalue weighted by molar-refractivity contribution is -0.127. The standard InChI is InChI=1S/C14H15N3O3/c15-13(18)12-8-20-6-5-17(12)14(19)10-1-2-11-9(7-10)3-4-16-11/h1-4,7,12,16H,5-6,8H2,(H2,15,18). The summed E-state index contributed by atoms with van der Waals surface area (Å²) in [7, 11) is 0. The van der Waals surface area contributed by atoms with Crippen molar-refractivity contribution in [2.45, 2.75) is 6.04 Å². The van der Waals surface area contributed by atoms with Gasteiger partial charge in [0.25, 0.3) is 5.91 Å². The van der Waals surface area contributed by atoms with Gasteiger partial charge in [0, 0.05) is 29.2 Å². The number of H-pyrrole nitrogens is 1. The van der Waals surface area contributed by atoms with Gasteiger partial charge in [0.2, 0.25) is 5.91 Å². The Kier molecular flexibility index (Phi) is 3.15. The Labute approximate surface area is 115 Å². The van der Waals surface area contributed by atoms with E-state index in [1.807, 2.05) is 24.4 Å². The maximum Gasteiger partial charge on any atom is 0.254 e. The third-order valence-electron chi connectivity index (χ3n) is 3.52. The predicted molar refractivity (Wildman–Crippen MR) is 73.1 cm³/mol. The molecule has 1 atom stereocenters. The van der Waals surface area contributed by atoms with Gasteiger partial charge < -0.3 is 20.4 Å². The van der Waals surface area contributed by atoms with E-state index in [1.54, 1.807) is 6.07 Å². The molecule has 1 aliphatic heterocycles. The van der Waals surface area contributed by atoms with Crippen LogP contribution < -0.4 is 5.73 Å². The Hall–Kier alpha value is -2.34. The Morgan fingerprint density at radius 3 is 3.00 bits per heavy atom. The Balaban J connectivity index is 1.91. The summed E-state index contributed by atoms with van der Waals surface area (Å²) in [6.07, 6.45) is 1.82. The fourth-order valence-electron chi connectivity index (χ4n) is 2.43. The van der Waals surface area contributed by atoms with Gasteiger partial charge in [-0.05, 0) is 24.3 Å². The Morgan fingerprint density at radius 1 is 1.35 bits per heavy atom. The number of nitrogens with two attached hydrogens (primary N) is 1. The first kappa shape index (κ1) is 12.7. The number of benzene rings is 1. The minimum absolute atomic E-state index is 0.160. The number of hydrogen-bond acceptors (Lipinski definition) is 3. The molecule has 0 radical (unpaired) electrons. The first-order valence-corrected chi connectivity index (χ1v) is 6.42. The molecule has 1 fully saturated rings. The summed E-state index contributed by atoms with van der Waals surface area (Å²) in [5.74, 6) is -0.735. The van der Waals surface area contributed by atoms with Gasteiger partial charge in [-0.3, -0.25) is 9.59 Å². The van der Waals surface area contributed by atoms with Crippen LogP contribution in [-0.2, 0) is 9.53 Å². The van der Waals surface area contributed by atoms with E-state index in [-0.39, 0.29) is 12.5 Å². The molecule has 0 aliphatic carbocycles. The summed E-state index contributed by atoms with van der Waals surface area (Å²) in [6, 6.07) is 6.61.